The van der Waals surface area contributed by atoms with E-state index < -0.39 is 42.0 Å². The zero-order valence-corrected chi connectivity index (χ0v) is 19.2. The minimum Gasteiger partial charge on any atom is -0.391 e. The maximum atomic E-state index is 13.3. The Kier molecular flexibility index (Phi) is 10.5. The predicted molar refractivity (Wildman–Crippen MR) is 124 cm³/mol. The van der Waals surface area contributed by atoms with Gasteiger partial charge in [-0.1, -0.05) is 49.6 Å². The molecule has 0 saturated heterocycles. The van der Waals surface area contributed by atoms with Gasteiger partial charge in [-0.3, -0.25) is 19.2 Å². The van der Waals surface area contributed by atoms with E-state index in [9.17, 15) is 24.3 Å². The average Bonchev–Trinajstić information content (AvgIpc) is 2.81. The Morgan fingerprint density at radius 3 is 2.18 bits per heavy atom. The summed E-state index contributed by atoms with van der Waals surface area (Å²) in [7, 11) is 0. The standard InChI is InChI=1S/C24H36N4O5/c1-15(29)21(26)24(33)27-18(12-13-20(25)30)23(32)28-19(14-16-8-4-2-5-9-16)22(31)17-10-6-3-7-11-17/h2,4-5,8-9,15,17-19,21,29H,3,6-7,10-14,26H2,1H3,(H2,25,30)(H,27,33)(H,28,32)/t15-,18+,19+,21+/m1/s1. The lowest BCUT2D eigenvalue weighted by molar-refractivity contribution is -0.134. The molecule has 182 valence electrons. The highest BCUT2D eigenvalue weighted by Crippen LogP contribution is 2.26. The molecule has 9 nitrogen and oxygen atoms in total. The van der Waals surface area contributed by atoms with Gasteiger partial charge in [0.2, 0.25) is 17.7 Å². The van der Waals surface area contributed by atoms with Crippen LogP contribution in [0, 0.1) is 5.92 Å². The van der Waals surface area contributed by atoms with E-state index in [2.05, 4.69) is 10.6 Å². The third kappa shape index (κ3) is 8.58. The van der Waals surface area contributed by atoms with Crippen molar-refractivity contribution in [1.82, 2.24) is 10.6 Å². The van der Waals surface area contributed by atoms with E-state index in [4.69, 9.17) is 11.5 Å². The molecular formula is C24H36N4O5. The molecule has 0 aliphatic heterocycles. The lowest BCUT2D eigenvalue weighted by Gasteiger charge is -2.28. The second kappa shape index (κ2) is 13.1. The molecule has 0 unspecified atom stereocenters. The largest absolute Gasteiger partial charge is 0.391 e. The number of nitrogens with two attached hydrogens (primary N) is 2. The summed E-state index contributed by atoms with van der Waals surface area (Å²) >= 11 is 0. The van der Waals surface area contributed by atoms with Crippen molar-refractivity contribution in [2.75, 3.05) is 0 Å². The van der Waals surface area contributed by atoms with Crippen LogP contribution in [0.3, 0.4) is 0 Å². The Bertz CT molecular complexity index is 808. The monoisotopic (exact) mass is 460 g/mol. The Morgan fingerprint density at radius 2 is 1.61 bits per heavy atom. The molecule has 3 amide bonds. The van der Waals surface area contributed by atoms with Crippen molar-refractivity contribution in [3.05, 3.63) is 35.9 Å². The fourth-order valence-corrected chi connectivity index (χ4v) is 4.06. The zero-order chi connectivity index (χ0) is 24.4. The lowest BCUT2D eigenvalue weighted by Crippen LogP contribution is -2.57. The molecule has 1 fully saturated rings. The Labute approximate surface area is 194 Å². The average molecular weight is 461 g/mol. The molecule has 1 saturated carbocycles. The molecule has 1 aliphatic rings. The SMILES string of the molecule is C[C@@H](O)[C@H](N)C(=O)N[C@@H](CCC(N)=O)C(=O)N[C@@H](Cc1ccccc1)C(=O)C1CCCCC1. The number of rotatable bonds is 12. The van der Waals surface area contributed by atoms with Crippen LogP contribution in [-0.2, 0) is 25.6 Å². The number of benzene rings is 1. The number of nitrogens with one attached hydrogen (secondary N) is 2. The number of hydrogen-bond donors (Lipinski definition) is 5. The third-order valence-corrected chi connectivity index (χ3v) is 6.08. The van der Waals surface area contributed by atoms with Crippen molar-refractivity contribution >= 4 is 23.5 Å². The molecule has 7 N–H and O–H groups in total. The van der Waals surface area contributed by atoms with Gasteiger partial charge < -0.3 is 27.2 Å². The van der Waals surface area contributed by atoms with Gasteiger partial charge in [-0.15, -0.1) is 0 Å². The van der Waals surface area contributed by atoms with Crippen LogP contribution in [0.25, 0.3) is 0 Å². The summed E-state index contributed by atoms with van der Waals surface area (Å²) in [5.74, 6) is -2.08. The number of Topliss-reactive ketones (excluding diaryl/α,β-unsaturated/α-hetero) is 1. The third-order valence-electron chi connectivity index (χ3n) is 6.08. The molecule has 0 spiro atoms. The second-order valence-electron chi connectivity index (χ2n) is 8.82. The van der Waals surface area contributed by atoms with Crippen molar-refractivity contribution < 1.29 is 24.3 Å². The Hall–Kier alpha value is -2.78. The van der Waals surface area contributed by atoms with Gasteiger partial charge in [0.15, 0.2) is 5.78 Å². The number of amides is 3. The molecular weight excluding hydrogens is 424 g/mol. The van der Waals surface area contributed by atoms with Crippen LogP contribution in [0.5, 0.6) is 0 Å². The maximum absolute atomic E-state index is 13.3. The van der Waals surface area contributed by atoms with Gasteiger partial charge in [0.25, 0.3) is 0 Å². The quantitative estimate of drug-likeness (QED) is 0.301. The van der Waals surface area contributed by atoms with Crippen LogP contribution in [0.2, 0.25) is 0 Å². The summed E-state index contributed by atoms with van der Waals surface area (Å²) in [6.07, 6.45) is 3.68. The summed E-state index contributed by atoms with van der Waals surface area (Å²) in [5.41, 5.74) is 11.8. The molecule has 0 aromatic heterocycles. The first kappa shape index (κ1) is 26.5. The number of hydrogen-bond acceptors (Lipinski definition) is 6. The number of ketones is 1. The van der Waals surface area contributed by atoms with Crippen molar-refractivity contribution in [2.24, 2.45) is 17.4 Å². The first-order chi connectivity index (χ1) is 15.7. The van der Waals surface area contributed by atoms with E-state index >= 15 is 0 Å². The van der Waals surface area contributed by atoms with E-state index in [0.29, 0.717) is 6.42 Å². The molecule has 0 radical (unpaired) electrons. The Balaban J connectivity index is 2.19. The second-order valence-corrected chi connectivity index (χ2v) is 8.82. The Morgan fingerprint density at radius 1 is 1.00 bits per heavy atom. The van der Waals surface area contributed by atoms with E-state index in [0.717, 1.165) is 37.7 Å². The van der Waals surface area contributed by atoms with Gasteiger partial charge in [0, 0.05) is 12.3 Å². The molecule has 4 atom stereocenters. The van der Waals surface area contributed by atoms with Crippen LogP contribution in [0.1, 0.15) is 57.4 Å². The lowest BCUT2D eigenvalue weighted by atomic mass is 9.82. The fourth-order valence-electron chi connectivity index (χ4n) is 4.06. The van der Waals surface area contributed by atoms with E-state index in [1.165, 1.54) is 6.92 Å². The molecule has 1 aromatic carbocycles. The van der Waals surface area contributed by atoms with Gasteiger partial charge in [-0.05, 0) is 38.2 Å². The van der Waals surface area contributed by atoms with Crippen LogP contribution < -0.4 is 22.1 Å². The van der Waals surface area contributed by atoms with Crippen LogP contribution in [0.4, 0.5) is 0 Å². The van der Waals surface area contributed by atoms with E-state index in [1.807, 2.05) is 30.3 Å². The smallest absolute Gasteiger partial charge is 0.243 e. The number of carbonyl (C=O) groups is 4. The highest BCUT2D eigenvalue weighted by Gasteiger charge is 2.32. The van der Waals surface area contributed by atoms with Crippen LogP contribution in [0.15, 0.2) is 30.3 Å². The number of aliphatic hydroxyl groups excluding tert-OH is 1. The van der Waals surface area contributed by atoms with Gasteiger partial charge in [-0.2, -0.15) is 0 Å². The van der Waals surface area contributed by atoms with Crippen molar-refractivity contribution in [3.63, 3.8) is 0 Å². The highest BCUT2D eigenvalue weighted by molar-refractivity contribution is 5.94. The minimum atomic E-state index is -1.24. The van der Waals surface area contributed by atoms with Crippen LogP contribution in [-0.4, -0.2) is 52.8 Å². The van der Waals surface area contributed by atoms with Gasteiger partial charge in [0.1, 0.15) is 12.1 Å². The minimum absolute atomic E-state index is 0.0208. The summed E-state index contributed by atoms with van der Waals surface area (Å²) in [6.45, 7) is 1.36. The molecule has 0 bridgehead atoms. The zero-order valence-electron chi connectivity index (χ0n) is 19.2. The normalized spacial score (nSPS) is 17.9. The van der Waals surface area contributed by atoms with E-state index in [-0.39, 0.29) is 24.5 Å². The molecule has 2 rings (SSSR count). The summed E-state index contributed by atoms with van der Waals surface area (Å²) in [4.78, 5) is 50.1. The summed E-state index contributed by atoms with van der Waals surface area (Å²) in [5, 5.41) is 14.9. The number of aliphatic hydroxyl groups is 1. The van der Waals surface area contributed by atoms with Crippen molar-refractivity contribution in [2.45, 2.75) is 82.5 Å². The molecule has 9 heteroatoms. The molecule has 1 aliphatic carbocycles. The van der Waals surface area contributed by atoms with Crippen molar-refractivity contribution in [1.29, 1.82) is 0 Å². The van der Waals surface area contributed by atoms with Gasteiger partial charge in [0.05, 0.1) is 12.1 Å². The summed E-state index contributed by atoms with van der Waals surface area (Å²) in [6, 6.07) is 6.27. The predicted octanol–water partition coefficient (Wildman–Crippen LogP) is 0.322. The highest BCUT2D eigenvalue weighted by atomic mass is 16.3. The number of carbonyl (C=O) groups excluding carboxylic acids is 4. The maximum Gasteiger partial charge on any atom is 0.243 e. The first-order valence-corrected chi connectivity index (χ1v) is 11.6. The first-order valence-electron chi connectivity index (χ1n) is 11.6. The van der Waals surface area contributed by atoms with E-state index in [1.54, 1.807) is 0 Å². The van der Waals surface area contributed by atoms with Crippen molar-refractivity contribution in [3.8, 4) is 0 Å². The molecule has 33 heavy (non-hydrogen) atoms. The fraction of sp³-hybridized carbons (Fsp3) is 0.583. The van der Waals surface area contributed by atoms with Gasteiger partial charge in [-0.25, -0.2) is 0 Å². The number of primary amides is 1. The molecule has 1 aromatic rings. The van der Waals surface area contributed by atoms with Crippen LogP contribution >= 0.6 is 0 Å². The van der Waals surface area contributed by atoms with Gasteiger partial charge >= 0.3 is 0 Å². The topological polar surface area (TPSA) is 165 Å². The molecule has 0 heterocycles. The summed E-state index contributed by atoms with van der Waals surface area (Å²) < 4.78 is 0.